The number of carbonyl (C=O) groups excluding carboxylic acids is 2. The van der Waals surface area contributed by atoms with E-state index in [-0.39, 0.29) is 18.1 Å². The highest BCUT2D eigenvalue weighted by Gasteiger charge is 2.20. The van der Waals surface area contributed by atoms with Crippen LogP contribution in [0.2, 0.25) is 0 Å². The van der Waals surface area contributed by atoms with Gasteiger partial charge in [-0.05, 0) is 37.3 Å². The fraction of sp³-hybridized carbons (Fsp3) is 0.227. The van der Waals surface area contributed by atoms with Gasteiger partial charge in [-0.3, -0.25) is 9.69 Å². The molecule has 1 aromatic heterocycles. The van der Waals surface area contributed by atoms with Crippen LogP contribution in [0.4, 0.5) is 5.13 Å². The third kappa shape index (κ3) is 4.77. The second-order valence-corrected chi connectivity index (χ2v) is 7.15. The topological polar surface area (TPSA) is 78.0 Å². The Balaban J connectivity index is 1.66. The Kier molecular flexibility index (Phi) is 7.03. The molecular weight excluding hydrogens is 404 g/mol. The summed E-state index contributed by atoms with van der Waals surface area (Å²) in [5.74, 6) is -0.0969. The van der Waals surface area contributed by atoms with Gasteiger partial charge in [-0.2, -0.15) is 0 Å². The maximum Gasteiger partial charge on any atom is 0.338 e. The SMILES string of the molecule is C=CCOc1ccc(C(=O)OCC(=O)N(CC)c2nc3ccccc3s2)cc1OC. The van der Waals surface area contributed by atoms with Crippen LogP contribution in [0.3, 0.4) is 0 Å². The van der Waals surface area contributed by atoms with Gasteiger partial charge < -0.3 is 14.2 Å². The smallest absolute Gasteiger partial charge is 0.338 e. The van der Waals surface area contributed by atoms with E-state index in [2.05, 4.69) is 11.6 Å². The summed E-state index contributed by atoms with van der Waals surface area (Å²) < 4.78 is 16.9. The molecule has 1 heterocycles. The van der Waals surface area contributed by atoms with E-state index in [9.17, 15) is 9.59 Å². The average Bonchev–Trinajstić information content (AvgIpc) is 3.20. The fourth-order valence-electron chi connectivity index (χ4n) is 2.74. The summed E-state index contributed by atoms with van der Waals surface area (Å²) in [4.78, 5) is 31.1. The van der Waals surface area contributed by atoms with Crippen molar-refractivity contribution < 1.29 is 23.8 Å². The van der Waals surface area contributed by atoms with Gasteiger partial charge in [0.05, 0.1) is 22.9 Å². The van der Waals surface area contributed by atoms with Crippen molar-refractivity contribution in [3.05, 3.63) is 60.7 Å². The number of aromatic nitrogens is 1. The highest BCUT2D eigenvalue weighted by atomic mass is 32.1. The summed E-state index contributed by atoms with van der Waals surface area (Å²) in [6.07, 6.45) is 1.61. The van der Waals surface area contributed by atoms with E-state index in [1.165, 1.54) is 29.4 Å². The Hall–Kier alpha value is -3.39. The molecule has 0 saturated heterocycles. The number of likely N-dealkylation sites (N-methyl/N-ethyl adjacent to an activating group) is 1. The fourth-order valence-corrected chi connectivity index (χ4v) is 3.79. The lowest BCUT2D eigenvalue weighted by Crippen LogP contribution is -2.34. The molecule has 8 heteroatoms. The van der Waals surface area contributed by atoms with E-state index in [0.717, 1.165) is 10.2 Å². The molecule has 0 unspecified atom stereocenters. The number of carbonyl (C=O) groups is 2. The Bertz CT molecular complexity index is 1030. The van der Waals surface area contributed by atoms with Crippen molar-refractivity contribution in [1.29, 1.82) is 0 Å². The van der Waals surface area contributed by atoms with Crippen molar-refractivity contribution in [3.63, 3.8) is 0 Å². The highest BCUT2D eigenvalue weighted by molar-refractivity contribution is 7.22. The zero-order chi connectivity index (χ0) is 21.5. The molecule has 0 N–H and O–H groups in total. The number of nitrogens with zero attached hydrogens (tertiary/aromatic N) is 2. The van der Waals surface area contributed by atoms with Crippen molar-refractivity contribution in [3.8, 4) is 11.5 Å². The van der Waals surface area contributed by atoms with Gasteiger partial charge in [0.1, 0.15) is 6.61 Å². The molecule has 156 valence electrons. The summed E-state index contributed by atoms with van der Waals surface area (Å²) in [6, 6.07) is 12.3. The van der Waals surface area contributed by atoms with Crippen molar-refractivity contribution in [2.24, 2.45) is 0 Å². The van der Waals surface area contributed by atoms with Crippen LogP contribution in [0.1, 0.15) is 17.3 Å². The van der Waals surface area contributed by atoms with Crippen LogP contribution in [0.5, 0.6) is 11.5 Å². The Morgan fingerprint density at radius 3 is 2.70 bits per heavy atom. The first-order valence-electron chi connectivity index (χ1n) is 9.32. The normalized spacial score (nSPS) is 10.5. The number of para-hydroxylation sites is 1. The highest BCUT2D eigenvalue weighted by Crippen LogP contribution is 2.29. The maximum absolute atomic E-state index is 12.6. The molecule has 0 aliphatic heterocycles. The van der Waals surface area contributed by atoms with Gasteiger partial charge in [-0.1, -0.05) is 36.1 Å². The van der Waals surface area contributed by atoms with Gasteiger partial charge >= 0.3 is 5.97 Å². The number of esters is 1. The van der Waals surface area contributed by atoms with E-state index in [1.807, 2.05) is 31.2 Å². The first-order valence-corrected chi connectivity index (χ1v) is 10.1. The van der Waals surface area contributed by atoms with Gasteiger partial charge in [0, 0.05) is 6.54 Å². The maximum atomic E-state index is 12.6. The molecule has 3 rings (SSSR count). The molecule has 2 aromatic carbocycles. The minimum Gasteiger partial charge on any atom is -0.493 e. The third-order valence-corrected chi connectivity index (χ3v) is 5.27. The second kappa shape index (κ2) is 9.89. The Morgan fingerprint density at radius 2 is 2.00 bits per heavy atom. The summed E-state index contributed by atoms with van der Waals surface area (Å²) in [6.45, 7) is 5.78. The summed E-state index contributed by atoms with van der Waals surface area (Å²) in [7, 11) is 1.48. The van der Waals surface area contributed by atoms with Crippen LogP contribution in [0.15, 0.2) is 55.1 Å². The van der Waals surface area contributed by atoms with Crippen molar-refractivity contribution in [2.75, 3.05) is 31.8 Å². The predicted molar refractivity (Wildman–Crippen MR) is 117 cm³/mol. The van der Waals surface area contributed by atoms with Crippen LogP contribution >= 0.6 is 11.3 Å². The van der Waals surface area contributed by atoms with Gasteiger partial charge in [0.25, 0.3) is 5.91 Å². The van der Waals surface area contributed by atoms with E-state index < -0.39 is 5.97 Å². The van der Waals surface area contributed by atoms with Crippen LogP contribution in [-0.4, -0.2) is 43.7 Å². The molecule has 0 radical (unpaired) electrons. The lowest BCUT2D eigenvalue weighted by atomic mass is 10.2. The van der Waals surface area contributed by atoms with Crippen LogP contribution in [-0.2, 0) is 9.53 Å². The number of anilines is 1. The van der Waals surface area contributed by atoms with Crippen LogP contribution in [0.25, 0.3) is 10.2 Å². The molecule has 0 bridgehead atoms. The number of hydrogen-bond acceptors (Lipinski definition) is 7. The molecule has 0 saturated carbocycles. The molecule has 0 aliphatic rings. The third-order valence-electron chi connectivity index (χ3n) is 4.21. The number of thiazole rings is 1. The molecule has 0 atom stereocenters. The van der Waals surface area contributed by atoms with E-state index in [4.69, 9.17) is 14.2 Å². The largest absolute Gasteiger partial charge is 0.493 e. The quantitative estimate of drug-likeness (QED) is 0.379. The van der Waals surface area contributed by atoms with Gasteiger partial charge in [-0.15, -0.1) is 0 Å². The number of benzene rings is 2. The Morgan fingerprint density at radius 1 is 1.20 bits per heavy atom. The molecule has 7 nitrogen and oxygen atoms in total. The van der Waals surface area contributed by atoms with Crippen molar-refractivity contribution in [1.82, 2.24) is 4.98 Å². The number of methoxy groups -OCH3 is 1. The molecule has 0 aliphatic carbocycles. The summed E-state index contributed by atoms with van der Waals surface area (Å²) >= 11 is 1.42. The number of rotatable bonds is 9. The Labute approximate surface area is 178 Å². The standard InChI is InChI=1S/C22H22N2O5S/c1-4-12-28-17-11-10-15(13-18(17)27-3)21(26)29-14-20(25)24(5-2)22-23-16-8-6-7-9-19(16)30-22/h4,6-11,13H,1,5,12,14H2,2-3H3. The van der Waals surface area contributed by atoms with E-state index in [1.54, 1.807) is 18.2 Å². The zero-order valence-corrected chi connectivity index (χ0v) is 17.6. The average molecular weight is 426 g/mol. The molecule has 1 amide bonds. The van der Waals surface area contributed by atoms with E-state index in [0.29, 0.717) is 29.8 Å². The molecule has 30 heavy (non-hydrogen) atoms. The van der Waals surface area contributed by atoms with Crippen LogP contribution in [0, 0.1) is 0 Å². The molecule has 0 fully saturated rings. The molecular formula is C22H22N2O5S. The number of fused-ring (bicyclic) bond motifs is 1. The van der Waals surface area contributed by atoms with Gasteiger partial charge in [-0.25, -0.2) is 9.78 Å². The first kappa shape index (κ1) is 21.3. The molecule has 0 spiro atoms. The second-order valence-electron chi connectivity index (χ2n) is 6.14. The van der Waals surface area contributed by atoms with Crippen molar-refractivity contribution >= 4 is 38.6 Å². The lowest BCUT2D eigenvalue weighted by molar-refractivity contribution is -0.121. The van der Waals surface area contributed by atoms with Gasteiger partial charge in [0.2, 0.25) is 0 Å². The summed E-state index contributed by atoms with van der Waals surface area (Å²) in [5, 5.41) is 0.574. The lowest BCUT2D eigenvalue weighted by Gasteiger charge is -2.17. The minimum absolute atomic E-state index is 0.258. The van der Waals surface area contributed by atoms with E-state index >= 15 is 0 Å². The number of hydrogen-bond donors (Lipinski definition) is 0. The summed E-state index contributed by atoms with van der Waals surface area (Å²) in [5.41, 5.74) is 1.08. The zero-order valence-electron chi connectivity index (χ0n) is 16.8. The molecule has 3 aromatic rings. The van der Waals surface area contributed by atoms with Crippen LogP contribution < -0.4 is 14.4 Å². The minimum atomic E-state index is -0.628. The monoisotopic (exact) mass is 426 g/mol. The van der Waals surface area contributed by atoms with Gasteiger partial charge in [0.15, 0.2) is 23.2 Å². The predicted octanol–water partition coefficient (Wildman–Crippen LogP) is 4.08. The first-order chi connectivity index (χ1) is 14.6. The number of amides is 1. The van der Waals surface area contributed by atoms with Crippen molar-refractivity contribution in [2.45, 2.75) is 6.92 Å². The number of ether oxygens (including phenoxy) is 3.